The molecular formula is C19H24N4OS. The zero-order chi connectivity index (χ0) is 18.5. The summed E-state index contributed by atoms with van der Waals surface area (Å²) in [5, 5.41) is 13.5. The molecule has 0 spiro atoms. The second-order valence-corrected chi connectivity index (χ2v) is 9.07. The molecule has 1 aliphatic carbocycles. The summed E-state index contributed by atoms with van der Waals surface area (Å²) in [5.74, 6) is 0.195. The third-order valence-corrected chi connectivity index (χ3v) is 5.87. The van der Waals surface area contributed by atoms with Crippen molar-refractivity contribution in [3.63, 3.8) is 0 Å². The maximum absolute atomic E-state index is 13.1. The lowest BCUT2D eigenvalue weighted by Gasteiger charge is -2.45. The number of ketones is 1. The van der Waals surface area contributed by atoms with Gasteiger partial charge in [-0.2, -0.15) is 5.26 Å². The second kappa shape index (κ2) is 6.01. The Morgan fingerprint density at radius 2 is 2.04 bits per heavy atom. The Hall–Kier alpha value is -2.10. The van der Waals surface area contributed by atoms with E-state index in [0.717, 1.165) is 27.4 Å². The van der Waals surface area contributed by atoms with Gasteiger partial charge >= 0.3 is 0 Å². The highest BCUT2D eigenvalue weighted by Crippen LogP contribution is 2.50. The van der Waals surface area contributed by atoms with Gasteiger partial charge in [0.1, 0.15) is 5.82 Å². The fraction of sp³-hybridized carbons (Fsp3) is 0.474. The predicted octanol–water partition coefficient (Wildman–Crippen LogP) is 3.27. The van der Waals surface area contributed by atoms with Crippen LogP contribution in [-0.2, 0) is 4.79 Å². The van der Waals surface area contributed by atoms with Crippen molar-refractivity contribution in [1.29, 1.82) is 5.26 Å². The molecule has 0 fully saturated rings. The van der Waals surface area contributed by atoms with Crippen molar-refractivity contribution in [2.75, 3.05) is 14.1 Å². The largest absolute Gasteiger partial charge is 0.383 e. The molecule has 1 aliphatic heterocycles. The lowest BCUT2D eigenvalue weighted by Crippen LogP contribution is -2.47. The first-order valence-electron chi connectivity index (χ1n) is 8.36. The quantitative estimate of drug-likeness (QED) is 0.880. The number of nitrogens with zero attached hydrogens (tertiary/aromatic N) is 3. The van der Waals surface area contributed by atoms with Gasteiger partial charge in [0, 0.05) is 41.5 Å². The molecule has 6 heteroatoms. The van der Waals surface area contributed by atoms with Crippen LogP contribution in [0.1, 0.15) is 42.4 Å². The van der Waals surface area contributed by atoms with Crippen LogP contribution >= 0.6 is 11.3 Å². The van der Waals surface area contributed by atoms with Gasteiger partial charge in [0.05, 0.1) is 17.6 Å². The lowest BCUT2D eigenvalue weighted by atomic mass is 9.70. The van der Waals surface area contributed by atoms with E-state index in [-0.39, 0.29) is 17.1 Å². The number of nitrogens with two attached hydrogens (primary N) is 1. The zero-order valence-electron chi connectivity index (χ0n) is 15.4. The van der Waals surface area contributed by atoms with Crippen molar-refractivity contribution < 1.29 is 4.79 Å². The topological polar surface area (TPSA) is 73.4 Å². The Morgan fingerprint density at radius 3 is 2.56 bits per heavy atom. The van der Waals surface area contributed by atoms with E-state index in [0.29, 0.717) is 17.8 Å². The van der Waals surface area contributed by atoms with Crippen LogP contribution in [0.2, 0.25) is 0 Å². The first-order valence-corrected chi connectivity index (χ1v) is 9.17. The van der Waals surface area contributed by atoms with E-state index in [1.807, 2.05) is 43.2 Å². The Morgan fingerprint density at radius 1 is 1.36 bits per heavy atom. The molecule has 132 valence electrons. The maximum atomic E-state index is 13.1. The molecule has 1 aromatic heterocycles. The molecule has 2 heterocycles. The van der Waals surface area contributed by atoms with Crippen molar-refractivity contribution in [3.8, 4) is 6.07 Å². The number of nitriles is 1. The van der Waals surface area contributed by atoms with Gasteiger partial charge in [0.2, 0.25) is 0 Å². The number of carbonyl (C=O) groups is 1. The van der Waals surface area contributed by atoms with E-state index in [1.54, 1.807) is 11.3 Å². The van der Waals surface area contributed by atoms with Crippen LogP contribution in [0.3, 0.4) is 0 Å². The van der Waals surface area contributed by atoms with Crippen LogP contribution in [0.5, 0.6) is 0 Å². The number of hydrogen-bond donors (Lipinski definition) is 1. The number of allylic oxidation sites excluding steroid dienone is 3. The molecule has 1 unspecified atom stereocenters. The SMILES string of the molecule is Cc1ccc(C2C(C#N)=C(N)N(N(C)C)C3=C2C(=O)CC(C)(C)C3)s1. The van der Waals surface area contributed by atoms with Crippen LogP contribution in [0.15, 0.2) is 34.8 Å². The van der Waals surface area contributed by atoms with E-state index in [1.165, 1.54) is 0 Å². The van der Waals surface area contributed by atoms with E-state index in [9.17, 15) is 10.1 Å². The summed E-state index contributed by atoms with van der Waals surface area (Å²) in [6.45, 7) is 6.24. The zero-order valence-corrected chi connectivity index (χ0v) is 16.2. The van der Waals surface area contributed by atoms with E-state index >= 15 is 0 Å². The van der Waals surface area contributed by atoms with Crippen molar-refractivity contribution in [1.82, 2.24) is 10.0 Å². The minimum Gasteiger partial charge on any atom is -0.383 e. The Balaban J connectivity index is 2.28. The number of hydrogen-bond acceptors (Lipinski definition) is 6. The minimum absolute atomic E-state index is 0.120. The number of Topliss-reactive ketones (excluding diaryl/α,β-unsaturated/α-hetero) is 1. The molecule has 3 rings (SSSR count). The van der Waals surface area contributed by atoms with Crippen molar-refractivity contribution in [2.45, 2.75) is 39.5 Å². The summed E-state index contributed by atoms with van der Waals surface area (Å²) in [6, 6.07) is 6.32. The van der Waals surface area contributed by atoms with Crippen molar-refractivity contribution in [3.05, 3.63) is 44.6 Å². The average Bonchev–Trinajstić information content (AvgIpc) is 2.90. The minimum atomic E-state index is -0.349. The normalized spacial score (nSPS) is 23.2. The molecule has 0 saturated carbocycles. The number of thiophene rings is 1. The molecule has 0 radical (unpaired) electrons. The summed E-state index contributed by atoms with van der Waals surface area (Å²) in [5.41, 5.74) is 8.42. The summed E-state index contributed by atoms with van der Waals surface area (Å²) in [6.07, 6.45) is 1.25. The molecule has 0 amide bonds. The molecule has 1 aromatic rings. The van der Waals surface area contributed by atoms with Gasteiger partial charge in [-0.15, -0.1) is 11.3 Å². The fourth-order valence-electron chi connectivity index (χ4n) is 3.84. The smallest absolute Gasteiger partial charge is 0.162 e. The van der Waals surface area contributed by atoms with Gasteiger partial charge in [-0.05, 0) is 30.9 Å². The molecule has 25 heavy (non-hydrogen) atoms. The molecule has 5 nitrogen and oxygen atoms in total. The standard InChI is InChI=1S/C19H24N4OS/c1-11-6-7-15(25-11)16-12(10-20)18(21)23(22(4)5)13-8-19(2,3)9-14(24)17(13)16/h6-7,16H,8-9,21H2,1-5H3. The summed E-state index contributed by atoms with van der Waals surface area (Å²) in [4.78, 5) is 15.3. The van der Waals surface area contributed by atoms with Crippen LogP contribution in [0.4, 0.5) is 0 Å². The van der Waals surface area contributed by atoms with E-state index in [4.69, 9.17) is 5.73 Å². The summed E-state index contributed by atoms with van der Waals surface area (Å²) < 4.78 is 0. The van der Waals surface area contributed by atoms with Gasteiger partial charge in [-0.3, -0.25) is 9.80 Å². The molecule has 0 bridgehead atoms. The van der Waals surface area contributed by atoms with Gasteiger partial charge in [-0.1, -0.05) is 13.8 Å². The van der Waals surface area contributed by atoms with Gasteiger partial charge < -0.3 is 5.73 Å². The maximum Gasteiger partial charge on any atom is 0.162 e. The molecule has 0 aromatic carbocycles. The van der Waals surface area contributed by atoms with E-state index < -0.39 is 0 Å². The van der Waals surface area contributed by atoms with Crippen LogP contribution in [0.25, 0.3) is 0 Å². The second-order valence-electron chi connectivity index (χ2n) is 7.75. The van der Waals surface area contributed by atoms with Gasteiger partial charge in [-0.25, -0.2) is 5.01 Å². The van der Waals surface area contributed by atoms with Crippen LogP contribution < -0.4 is 5.73 Å². The van der Waals surface area contributed by atoms with Crippen LogP contribution in [-0.4, -0.2) is 29.9 Å². The number of hydrazine groups is 1. The molecule has 2 aliphatic rings. The summed E-state index contributed by atoms with van der Waals surface area (Å²) in [7, 11) is 3.77. The first-order chi connectivity index (χ1) is 11.7. The van der Waals surface area contributed by atoms with Gasteiger partial charge in [0.25, 0.3) is 0 Å². The third kappa shape index (κ3) is 2.88. The first kappa shape index (κ1) is 17.7. The van der Waals surface area contributed by atoms with Crippen molar-refractivity contribution in [2.24, 2.45) is 11.1 Å². The molecule has 1 atom stereocenters. The Kier molecular flexibility index (Phi) is 4.26. The van der Waals surface area contributed by atoms with E-state index in [2.05, 4.69) is 19.9 Å². The Labute approximate surface area is 153 Å². The highest BCUT2D eigenvalue weighted by atomic mass is 32.1. The molecule has 2 N–H and O–H groups in total. The predicted molar refractivity (Wildman–Crippen MR) is 99.2 cm³/mol. The third-order valence-electron chi connectivity index (χ3n) is 4.80. The summed E-state index contributed by atoms with van der Waals surface area (Å²) >= 11 is 1.62. The lowest BCUT2D eigenvalue weighted by molar-refractivity contribution is -0.119. The Bertz CT molecular complexity index is 838. The van der Waals surface area contributed by atoms with Crippen molar-refractivity contribution >= 4 is 17.1 Å². The fourth-order valence-corrected chi connectivity index (χ4v) is 4.84. The molecular weight excluding hydrogens is 332 g/mol. The number of carbonyl (C=O) groups excluding carboxylic acids is 1. The monoisotopic (exact) mass is 356 g/mol. The van der Waals surface area contributed by atoms with Crippen LogP contribution in [0, 0.1) is 23.7 Å². The number of rotatable bonds is 2. The number of aryl methyl sites for hydroxylation is 1. The van der Waals surface area contributed by atoms with Gasteiger partial charge in [0.15, 0.2) is 5.78 Å². The molecule has 0 saturated heterocycles. The highest BCUT2D eigenvalue weighted by Gasteiger charge is 2.45. The average molecular weight is 356 g/mol. The highest BCUT2D eigenvalue weighted by molar-refractivity contribution is 7.12.